The molecule has 0 bridgehead atoms. The van der Waals surface area contributed by atoms with Gasteiger partial charge in [-0.3, -0.25) is 9.89 Å². The molecule has 3 nitrogen and oxygen atoms in total. The van der Waals surface area contributed by atoms with Gasteiger partial charge in [-0.15, -0.1) is 0 Å². The van der Waals surface area contributed by atoms with E-state index in [-0.39, 0.29) is 0 Å². The first-order valence-electron chi connectivity index (χ1n) is 3.78. The van der Waals surface area contributed by atoms with Crippen LogP contribution in [0.1, 0.15) is 42.4 Å². The van der Waals surface area contributed by atoms with Crippen molar-refractivity contribution in [3.05, 3.63) is 17.5 Å². The van der Waals surface area contributed by atoms with Crippen molar-refractivity contribution < 1.29 is 4.79 Å². The molecule has 0 aromatic carbocycles. The maximum Gasteiger partial charge on any atom is 0.170 e. The van der Waals surface area contributed by atoms with Gasteiger partial charge in [-0.05, 0) is 18.4 Å². The van der Waals surface area contributed by atoms with E-state index in [1.165, 1.54) is 0 Å². The van der Waals surface area contributed by atoms with Crippen molar-refractivity contribution in [1.29, 1.82) is 0 Å². The minimum atomic E-state index is 0.455. The fraction of sp³-hybridized carbons (Fsp3) is 0.500. The van der Waals surface area contributed by atoms with Crippen LogP contribution in [0.3, 0.4) is 0 Å². The van der Waals surface area contributed by atoms with Crippen LogP contribution in [0.25, 0.3) is 0 Å². The molecule has 0 saturated carbocycles. The van der Waals surface area contributed by atoms with Gasteiger partial charge in [-0.1, -0.05) is 13.8 Å². The Labute approximate surface area is 65.8 Å². The van der Waals surface area contributed by atoms with Gasteiger partial charge in [0.25, 0.3) is 0 Å². The summed E-state index contributed by atoms with van der Waals surface area (Å²) in [6, 6.07) is 1.79. The lowest BCUT2D eigenvalue weighted by molar-refractivity contribution is 0.111. The molecular formula is C8H12N2O. The molecule has 1 aromatic rings. The average molecular weight is 152 g/mol. The Morgan fingerprint density at radius 3 is 3.00 bits per heavy atom. The maximum absolute atomic E-state index is 10.2. The van der Waals surface area contributed by atoms with Gasteiger partial charge in [0.15, 0.2) is 6.29 Å². The van der Waals surface area contributed by atoms with E-state index in [2.05, 4.69) is 24.0 Å². The first kappa shape index (κ1) is 7.98. The van der Waals surface area contributed by atoms with Crippen molar-refractivity contribution in [3.63, 3.8) is 0 Å². The summed E-state index contributed by atoms with van der Waals surface area (Å²) in [5.74, 6) is 0.455. The molecular weight excluding hydrogens is 140 g/mol. The zero-order valence-corrected chi connectivity index (χ0v) is 6.79. The normalized spacial score (nSPS) is 12.9. The molecule has 1 N–H and O–H groups in total. The molecule has 1 unspecified atom stereocenters. The van der Waals surface area contributed by atoms with Gasteiger partial charge in [0.2, 0.25) is 0 Å². The highest BCUT2D eigenvalue weighted by molar-refractivity contribution is 5.71. The van der Waals surface area contributed by atoms with E-state index in [1.807, 2.05) is 0 Å². The largest absolute Gasteiger partial charge is 0.296 e. The van der Waals surface area contributed by atoms with E-state index >= 15 is 0 Å². The van der Waals surface area contributed by atoms with Gasteiger partial charge in [0.05, 0.1) is 0 Å². The first-order chi connectivity index (χ1) is 5.27. The number of aldehydes is 1. The van der Waals surface area contributed by atoms with Crippen LogP contribution in [0.2, 0.25) is 0 Å². The summed E-state index contributed by atoms with van der Waals surface area (Å²) in [4.78, 5) is 10.2. The van der Waals surface area contributed by atoms with E-state index in [1.54, 1.807) is 6.07 Å². The van der Waals surface area contributed by atoms with Crippen LogP contribution in [0.4, 0.5) is 0 Å². The number of carbonyl (C=O) groups excluding carboxylic acids is 1. The van der Waals surface area contributed by atoms with Crippen LogP contribution >= 0.6 is 0 Å². The molecule has 0 aliphatic carbocycles. The number of hydrogen-bond donors (Lipinski definition) is 1. The lowest BCUT2D eigenvalue weighted by atomic mass is 10.1. The Hall–Kier alpha value is -1.12. The van der Waals surface area contributed by atoms with Crippen LogP contribution in [-0.2, 0) is 0 Å². The Bertz CT molecular complexity index is 242. The Morgan fingerprint density at radius 1 is 1.82 bits per heavy atom. The molecule has 1 heterocycles. The SMILES string of the molecule is CCC(C)c1cc(C=O)n[nH]1. The third-order valence-corrected chi connectivity index (χ3v) is 1.88. The van der Waals surface area contributed by atoms with Crippen molar-refractivity contribution in [3.8, 4) is 0 Å². The van der Waals surface area contributed by atoms with Crippen molar-refractivity contribution in [1.82, 2.24) is 10.2 Å². The lowest BCUT2D eigenvalue weighted by Gasteiger charge is -2.02. The van der Waals surface area contributed by atoms with Gasteiger partial charge < -0.3 is 0 Å². The van der Waals surface area contributed by atoms with Crippen LogP contribution in [-0.4, -0.2) is 16.5 Å². The van der Waals surface area contributed by atoms with Gasteiger partial charge in [0.1, 0.15) is 5.69 Å². The third kappa shape index (κ3) is 1.67. The molecule has 60 valence electrons. The van der Waals surface area contributed by atoms with E-state index in [0.29, 0.717) is 11.6 Å². The summed E-state index contributed by atoms with van der Waals surface area (Å²) in [5.41, 5.74) is 1.52. The van der Waals surface area contributed by atoms with Crippen molar-refractivity contribution in [2.24, 2.45) is 0 Å². The molecule has 0 fully saturated rings. The van der Waals surface area contributed by atoms with E-state index in [9.17, 15) is 4.79 Å². The average Bonchev–Trinajstić information content (AvgIpc) is 2.50. The minimum Gasteiger partial charge on any atom is -0.296 e. The summed E-state index contributed by atoms with van der Waals surface area (Å²) >= 11 is 0. The number of H-pyrrole nitrogens is 1. The summed E-state index contributed by atoms with van der Waals surface area (Å²) in [5, 5.41) is 6.64. The van der Waals surface area contributed by atoms with Gasteiger partial charge >= 0.3 is 0 Å². The smallest absolute Gasteiger partial charge is 0.170 e. The van der Waals surface area contributed by atoms with Crippen molar-refractivity contribution >= 4 is 6.29 Å². The van der Waals surface area contributed by atoms with Gasteiger partial charge in [-0.2, -0.15) is 5.10 Å². The van der Waals surface area contributed by atoms with Gasteiger partial charge in [-0.25, -0.2) is 0 Å². The maximum atomic E-state index is 10.2. The lowest BCUT2D eigenvalue weighted by Crippen LogP contribution is -1.90. The van der Waals surface area contributed by atoms with E-state index in [4.69, 9.17) is 0 Å². The summed E-state index contributed by atoms with van der Waals surface area (Å²) < 4.78 is 0. The standard InChI is InChI=1S/C8H12N2O/c1-3-6(2)8-4-7(5-11)9-10-8/h4-6H,3H2,1-2H3,(H,9,10). The first-order valence-corrected chi connectivity index (χ1v) is 3.78. The van der Waals surface area contributed by atoms with Gasteiger partial charge in [0, 0.05) is 5.69 Å². The van der Waals surface area contributed by atoms with Crippen LogP contribution in [0.5, 0.6) is 0 Å². The Kier molecular flexibility index (Phi) is 2.41. The topological polar surface area (TPSA) is 45.8 Å². The predicted octanol–water partition coefficient (Wildman–Crippen LogP) is 1.74. The monoisotopic (exact) mass is 152 g/mol. The zero-order chi connectivity index (χ0) is 8.27. The number of aromatic amines is 1. The molecule has 0 saturated heterocycles. The second-order valence-electron chi connectivity index (χ2n) is 2.68. The number of rotatable bonds is 3. The molecule has 0 aliphatic rings. The molecule has 0 aliphatic heterocycles. The molecule has 1 rings (SSSR count). The number of aromatic nitrogens is 2. The van der Waals surface area contributed by atoms with Crippen LogP contribution in [0, 0.1) is 0 Å². The van der Waals surface area contributed by atoms with Crippen LogP contribution in [0.15, 0.2) is 6.07 Å². The molecule has 0 amide bonds. The summed E-state index contributed by atoms with van der Waals surface area (Å²) in [6.45, 7) is 4.20. The molecule has 1 atom stereocenters. The number of nitrogens with zero attached hydrogens (tertiary/aromatic N) is 1. The third-order valence-electron chi connectivity index (χ3n) is 1.88. The fourth-order valence-corrected chi connectivity index (χ4v) is 0.886. The fourth-order valence-electron chi connectivity index (χ4n) is 0.886. The zero-order valence-electron chi connectivity index (χ0n) is 6.79. The second-order valence-corrected chi connectivity index (χ2v) is 2.68. The highest BCUT2D eigenvalue weighted by Crippen LogP contribution is 2.15. The predicted molar refractivity (Wildman–Crippen MR) is 42.7 cm³/mol. The van der Waals surface area contributed by atoms with Crippen molar-refractivity contribution in [2.45, 2.75) is 26.2 Å². The Morgan fingerprint density at radius 2 is 2.55 bits per heavy atom. The summed E-state index contributed by atoms with van der Waals surface area (Å²) in [7, 11) is 0. The number of hydrogen-bond acceptors (Lipinski definition) is 2. The highest BCUT2D eigenvalue weighted by atomic mass is 16.1. The summed E-state index contributed by atoms with van der Waals surface area (Å²) in [6.07, 6.45) is 1.81. The molecule has 1 aromatic heterocycles. The Balaban J connectivity index is 2.79. The highest BCUT2D eigenvalue weighted by Gasteiger charge is 2.05. The van der Waals surface area contributed by atoms with Crippen LogP contribution < -0.4 is 0 Å². The minimum absolute atomic E-state index is 0.455. The number of nitrogens with one attached hydrogen (secondary N) is 1. The quantitative estimate of drug-likeness (QED) is 0.670. The van der Waals surface area contributed by atoms with E-state index < -0.39 is 0 Å². The molecule has 0 radical (unpaired) electrons. The molecule has 11 heavy (non-hydrogen) atoms. The van der Waals surface area contributed by atoms with Crippen molar-refractivity contribution in [2.75, 3.05) is 0 Å². The second kappa shape index (κ2) is 3.32. The molecule has 3 heteroatoms. The van der Waals surface area contributed by atoms with E-state index in [0.717, 1.165) is 18.4 Å². The molecule has 0 spiro atoms. The number of carbonyl (C=O) groups is 1.